The first-order valence-corrected chi connectivity index (χ1v) is 8.46. The van der Waals surface area contributed by atoms with Crippen molar-refractivity contribution in [2.45, 2.75) is 77.4 Å². The third-order valence-corrected chi connectivity index (χ3v) is 3.50. The van der Waals surface area contributed by atoms with Gasteiger partial charge in [-0.05, 0) is 57.8 Å². The van der Waals surface area contributed by atoms with Gasteiger partial charge in [-0.25, -0.2) is 0 Å². The van der Waals surface area contributed by atoms with E-state index in [0.29, 0.717) is 0 Å². The highest BCUT2D eigenvalue weighted by Gasteiger charge is 2.12. The molecule has 0 aromatic carbocycles. The molecule has 0 bridgehead atoms. The van der Waals surface area contributed by atoms with Crippen molar-refractivity contribution >= 4 is 0 Å². The Balaban J connectivity index is 1.81. The summed E-state index contributed by atoms with van der Waals surface area (Å²) in [6.07, 6.45) is 21.2. The van der Waals surface area contributed by atoms with Crippen LogP contribution in [0, 0.1) is 0 Å². The van der Waals surface area contributed by atoms with Crippen molar-refractivity contribution < 1.29 is 9.47 Å². The predicted molar refractivity (Wildman–Crippen MR) is 85.8 cm³/mol. The van der Waals surface area contributed by atoms with Crippen LogP contribution in [0.1, 0.15) is 71.1 Å². The van der Waals surface area contributed by atoms with E-state index >= 15 is 0 Å². The molecule has 1 heterocycles. The molecule has 20 heavy (non-hydrogen) atoms. The zero-order valence-corrected chi connectivity index (χ0v) is 13.2. The van der Waals surface area contributed by atoms with Gasteiger partial charge >= 0.3 is 0 Å². The summed E-state index contributed by atoms with van der Waals surface area (Å²) in [5.41, 5.74) is 0. The minimum absolute atomic E-state index is 0.0780. The van der Waals surface area contributed by atoms with E-state index < -0.39 is 0 Å². The Morgan fingerprint density at radius 2 is 1.70 bits per heavy atom. The minimum atomic E-state index is 0.0780. The molecule has 2 nitrogen and oxygen atoms in total. The van der Waals surface area contributed by atoms with Crippen molar-refractivity contribution in [2.24, 2.45) is 0 Å². The van der Waals surface area contributed by atoms with Crippen LogP contribution in [0.25, 0.3) is 0 Å². The first-order valence-electron chi connectivity index (χ1n) is 8.46. The molecule has 0 N–H and O–H groups in total. The molecular weight excluding hydrogens is 248 g/mol. The average molecular weight is 280 g/mol. The summed E-state index contributed by atoms with van der Waals surface area (Å²) in [6, 6.07) is 0. The van der Waals surface area contributed by atoms with Crippen molar-refractivity contribution in [1.82, 2.24) is 0 Å². The predicted octanol–water partition coefficient (Wildman–Crippen LogP) is 5.39. The SMILES string of the molecule is CCC/C=C/CC/C=C\CCCCOC1CCCCO1. The van der Waals surface area contributed by atoms with E-state index in [-0.39, 0.29) is 6.29 Å². The van der Waals surface area contributed by atoms with Gasteiger partial charge in [-0.1, -0.05) is 37.6 Å². The number of ether oxygens (including phenoxy) is 2. The largest absolute Gasteiger partial charge is 0.353 e. The van der Waals surface area contributed by atoms with Crippen LogP contribution in [0.3, 0.4) is 0 Å². The second-order valence-electron chi connectivity index (χ2n) is 5.47. The van der Waals surface area contributed by atoms with E-state index in [2.05, 4.69) is 31.2 Å². The van der Waals surface area contributed by atoms with Crippen molar-refractivity contribution in [3.63, 3.8) is 0 Å². The maximum atomic E-state index is 5.71. The molecule has 0 saturated carbocycles. The smallest absolute Gasteiger partial charge is 0.157 e. The first kappa shape index (κ1) is 17.5. The standard InChI is InChI=1S/C18H32O2/c1-2-3-4-5-6-7-8-9-10-11-13-16-19-18-15-12-14-17-20-18/h4-5,8-9,18H,2-3,6-7,10-17H2,1H3/b5-4+,9-8-. The van der Waals surface area contributed by atoms with Crippen LogP contribution in [0.5, 0.6) is 0 Å². The van der Waals surface area contributed by atoms with Crippen LogP contribution >= 0.6 is 0 Å². The Labute approximate surface area is 125 Å². The van der Waals surface area contributed by atoms with Crippen LogP contribution in [-0.4, -0.2) is 19.5 Å². The van der Waals surface area contributed by atoms with Crippen LogP contribution in [0.2, 0.25) is 0 Å². The maximum absolute atomic E-state index is 5.71. The topological polar surface area (TPSA) is 18.5 Å². The first-order chi connectivity index (χ1) is 9.93. The zero-order chi connectivity index (χ0) is 14.3. The molecule has 0 aromatic rings. The van der Waals surface area contributed by atoms with Crippen molar-refractivity contribution in [1.29, 1.82) is 0 Å². The number of allylic oxidation sites excluding steroid dienone is 4. The van der Waals surface area contributed by atoms with E-state index in [0.717, 1.165) is 26.1 Å². The van der Waals surface area contributed by atoms with Gasteiger partial charge in [0.15, 0.2) is 6.29 Å². The Morgan fingerprint density at radius 1 is 0.950 bits per heavy atom. The normalized spacial score (nSPS) is 20.1. The van der Waals surface area contributed by atoms with Crippen LogP contribution < -0.4 is 0 Å². The molecular formula is C18H32O2. The molecule has 1 saturated heterocycles. The van der Waals surface area contributed by atoms with Gasteiger partial charge in [0.05, 0.1) is 0 Å². The van der Waals surface area contributed by atoms with E-state index in [1.807, 2.05) is 0 Å². The quantitative estimate of drug-likeness (QED) is 0.373. The number of rotatable bonds is 11. The molecule has 0 amide bonds. The lowest BCUT2D eigenvalue weighted by atomic mass is 10.2. The molecule has 0 radical (unpaired) electrons. The lowest BCUT2D eigenvalue weighted by Gasteiger charge is -2.22. The molecule has 2 heteroatoms. The molecule has 1 rings (SSSR count). The van der Waals surface area contributed by atoms with E-state index in [9.17, 15) is 0 Å². The molecule has 0 spiro atoms. The lowest BCUT2D eigenvalue weighted by molar-refractivity contribution is -0.162. The summed E-state index contributed by atoms with van der Waals surface area (Å²) in [7, 11) is 0. The van der Waals surface area contributed by atoms with Gasteiger partial charge in [0, 0.05) is 13.2 Å². The number of hydrogen-bond donors (Lipinski definition) is 0. The summed E-state index contributed by atoms with van der Waals surface area (Å²) >= 11 is 0. The average Bonchev–Trinajstić information content (AvgIpc) is 2.49. The molecule has 116 valence electrons. The number of unbranched alkanes of at least 4 members (excludes halogenated alkanes) is 4. The zero-order valence-electron chi connectivity index (χ0n) is 13.2. The van der Waals surface area contributed by atoms with Gasteiger partial charge < -0.3 is 9.47 Å². The minimum Gasteiger partial charge on any atom is -0.353 e. The second-order valence-corrected chi connectivity index (χ2v) is 5.47. The summed E-state index contributed by atoms with van der Waals surface area (Å²) in [5.74, 6) is 0. The maximum Gasteiger partial charge on any atom is 0.157 e. The molecule has 1 aliphatic rings. The fourth-order valence-corrected chi connectivity index (χ4v) is 2.25. The highest BCUT2D eigenvalue weighted by Crippen LogP contribution is 2.14. The molecule has 1 atom stereocenters. The Bertz CT molecular complexity index is 252. The van der Waals surface area contributed by atoms with Gasteiger partial charge in [0.25, 0.3) is 0 Å². The van der Waals surface area contributed by atoms with Crippen molar-refractivity contribution in [2.75, 3.05) is 13.2 Å². The van der Waals surface area contributed by atoms with E-state index in [4.69, 9.17) is 9.47 Å². The fraction of sp³-hybridized carbons (Fsp3) is 0.778. The Morgan fingerprint density at radius 3 is 2.40 bits per heavy atom. The van der Waals surface area contributed by atoms with Gasteiger partial charge in [0.2, 0.25) is 0 Å². The van der Waals surface area contributed by atoms with Gasteiger partial charge in [-0.3, -0.25) is 0 Å². The Hall–Kier alpha value is -0.600. The van der Waals surface area contributed by atoms with Gasteiger partial charge in [0.1, 0.15) is 0 Å². The summed E-state index contributed by atoms with van der Waals surface area (Å²) in [6.45, 7) is 3.94. The monoisotopic (exact) mass is 280 g/mol. The van der Waals surface area contributed by atoms with Crippen LogP contribution in [0.15, 0.2) is 24.3 Å². The summed E-state index contributed by atoms with van der Waals surface area (Å²) in [4.78, 5) is 0. The number of hydrogen-bond acceptors (Lipinski definition) is 2. The van der Waals surface area contributed by atoms with E-state index in [1.165, 1.54) is 51.4 Å². The van der Waals surface area contributed by atoms with Crippen molar-refractivity contribution in [3.05, 3.63) is 24.3 Å². The third-order valence-electron chi connectivity index (χ3n) is 3.50. The molecule has 0 aliphatic carbocycles. The third kappa shape index (κ3) is 10.2. The van der Waals surface area contributed by atoms with Crippen LogP contribution in [-0.2, 0) is 9.47 Å². The van der Waals surface area contributed by atoms with Gasteiger partial charge in [-0.15, -0.1) is 0 Å². The lowest BCUT2D eigenvalue weighted by Crippen LogP contribution is -2.22. The van der Waals surface area contributed by atoms with Crippen LogP contribution in [0.4, 0.5) is 0 Å². The molecule has 1 unspecified atom stereocenters. The molecule has 0 aromatic heterocycles. The van der Waals surface area contributed by atoms with Gasteiger partial charge in [-0.2, -0.15) is 0 Å². The summed E-state index contributed by atoms with van der Waals surface area (Å²) in [5, 5.41) is 0. The Kier molecular flexibility index (Phi) is 11.7. The fourth-order valence-electron chi connectivity index (χ4n) is 2.25. The molecule has 1 aliphatic heterocycles. The summed E-state index contributed by atoms with van der Waals surface area (Å²) < 4.78 is 11.2. The molecule has 1 fully saturated rings. The second kappa shape index (κ2) is 13.4. The van der Waals surface area contributed by atoms with Crippen molar-refractivity contribution in [3.8, 4) is 0 Å². The highest BCUT2D eigenvalue weighted by atomic mass is 16.7. The highest BCUT2D eigenvalue weighted by molar-refractivity contribution is 4.87. The van der Waals surface area contributed by atoms with E-state index in [1.54, 1.807) is 0 Å².